The van der Waals surface area contributed by atoms with Crippen LogP contribution in [-0.2, 0) is 6.54 Å². The fourth-order valence-electron chi connectivity index (χ4n) is 2.13. The minimum absolute atomic E-state index is 0.568. The summed E-state index contributed by atoms with van der Waals surface area (Å²) in [5.41, 5.74) is 6.73. The second-order valence-electron chi connectivity index (χ2n) is 4.23. The topological polar surface area (TPSA) is 38.5 Å². The first-order valence-electron chi connectivity index (χ1n) is 6.03. The molecular weight excluding hydrogens is 200 g/mol. The molecule has 1 heterocycles. The molecule has 0 aliphatic carbocycles. The molecule has 1 aliphatic rings. The van der Waals surface area contributed by atoms with Crippen molar-refractivity contribution in [3.8, 4) is 5.75 Å². The van der Waals surface area contributed by atoms with Gasteiger partial charge in [0, 0.05) is 18.7 Å². The minimum Gasteiger partial charge on any atom is -0.492 e. The molecule has 0 amide bonds. The number of rotatable bonds is 5. The summed E-state index contributed by atoms with van der Waals surface area (Å²) in [6, 6.07) is 8.26. The van der Waals surface area contributed by atoms with Crippen molar-refractivity contribution in [1.29, 1.82) is 0 Å². The van der Waals surface area contributed by atoms with Gasteiger partial charge in [-0.15, -0.1) is 0 Å². The summed E-state index contributed by atoms with van der Waals surface area (Å²) in [5, 5.41) is 0. The van der Waals surface area contributed by atoms with E-state index in [-0.39, 0.29) is 0 Å². The fourth-order valence-corrected chi connectivity index (χ4v) is 2.13. The molecule has 1 aromatic rings. The van der Waals surface area contributed by atoms with Crippen molar-refractivity contribution in [2.75, 3.05) is 26.2 Å². The average Bonchev–Trinajstić information content (AvgIpc) is 2.81. The van der Waals surface area contributed by atoms with Crippen molar-refractivity contribution in [3.63, 3.8) is 0 Å². The summed E-state index contributed by atoms with van der Waals surface area (Å²) in [7, 11) is 0. The van der Waals surface area contributed by atoms with Crippen LogP contribution in [0.1, 0.15) is 18.4 Å². The van der Waals surface area contributed by atoms with E-state index >= 15 is 0 Å². The first kappa shape index (κ1) is 11.4. The van der Waals surface area contributed by atoms with Crippen LogP contribution in [0.15, 0.2) is 24.3 Å². The Kier molecular flexibility index (Phi) is 4.19. The van der Waals surface area contributed by atoms with Gasteiger partial charge in [-0.25, -0.2) is 0 Å². The molecule has 2 rings (SSSR count). The van der Waals surface area contributed by atoms with Crippen LogP contribution in [0.25, 0.3) is 0 Å². The second kappa shape index (κ2) is 5.87. The van der Waals surface area contributed by atoms with E-state index in [1.165, 1.54) is 31.5 Å². The van der Waals surface area contributed by atoms with E-state index in [2.05, 4.69) is 17.0 Å². The fraction of sp³-hybridized carbons (Fsp3) is 0.538. The third-order valence-electron chi connectivity index (χ3n) is 2.94. The van der Waals surface area contributed by atoms with Crippen LogP contribution in [-0.4, -0.2) is 31.1 Å². The molecule has 0 aromatic heterocycles. The first-order valence-corrected chi connectivity index (χ1v) is 6.03. The summed E-state index contributed by atoms with van der Waals surface area (Å²) in [5.74, 6) is 0.986. The lowest BCUT2D eigenvalue weighted by Gasteiger charge is -2.17. The Morgan fingerprint density at radius 3 is 2.69 bits per heavy atom. The van der Waals surface area contributed by atoms with Gasteiger partial charge < -0.3 is 10.5 Å². The Hall–Kier alpha value is -1.06. The van der Waals surface area contributed by atoms with E-state index in [4.69, 9.17) is 10.5 Å². The lowest BCUT2D eigenvalue weighted by Crippen LogP contribution is -2.19. The number of hydrogen-bond acceptors (Lipinski definition) is 3. The minimum atomic E-state index is 0.568. The molecule has 1 aromatic carbocycles. The lowest BCUT2D eigenvalue weighted by molar-refractivity contribution is 0.299. The summed E-state index contributed by atoms with van der Waals surface area (Å²) >= 11 is 0. The Labute approximate surface area is 97.2 Å². The van der Waals surface area contributed by atoms with E-state index in [1.807, 2.05) is 12.1 Å². The molecule has 0 unspecified atom stereocenters. The van der Waals surface area contributed by atoms with Crippen molar-refractivity contribution in [2.45, 2.75) is 19.4 Å². The Morgan fingerprint density at radius 2 is 1.94 bits per heavy atom. The molecule has 1 aliphatic heterocycles. The van der Waals surface area contributed by atoms with Crippen molar-refractivity contribution in [3.05, 3.63) is 29.8 Å². The van der Waals surface area contributed by atoms with Crippen LogP contribution in [0.5, 0.6) is 5.75 Å². The van der Waals surface area contributed by atoms with Crippen LogP contribution < -0.4 is 10.5 Å². The molecule has 1 fully saturated rings. The zero-order valence-electron chi connectivity index (χ0n) is 9.69. The molecule has 0 saturated carbocycles. The molecule has 3 nitrogen and oxygen atoms in total. The van der Waals surface area contributed by atoms with Crippen LogP contribution in [0, 0.1) is 0 Å². The Balaban J connectivity index is 2.00. The molecule has 88 valence electrons. The number of hydrogen-bond donors (Lipinski definition) is 1. The molecule has 2 N–H and O–H groups in total. The number of nitrogens with two attached hydrogens (primary N) is 1. The van der Waals surface area contributed by atoms with E-state index < -0.39 is 0 Å². The van der Waals surface area contributed by atoms with Gasteiger partial charge >= 0.3 is 0 Å². The first-order chi connectivity index (χ1) is 7.90. The zero-order valence-corrected chi connectivity index (χ0v) is 9.69. The van der Waals surface area contributed by atoms with Gasteiger partial charge in [-0.2, -0.15) is 0 Å². The largest absolute Gasteiger partial charge is 0.492 e. The molecule has 16 heavy (non-hydrogen) atoms. The van der Waals surface area contributed by atoms with Crippen LogP contribution in [0.4, 0.5) is 0 Å². The molecular formula is C13H20N2O. The monoisotopic (exact) mass is 220 g/mol. The number of para-hydroxylation sites is 1. The van der Waals surface area contributed by atoms with E-state index in [9.17, 15) is 0 Å². The highest BCUT2D eigenvalue weighted by molar-refractivity contribution is 5.33. The zero-order chi connectivity index (χ0) is 11.2. The number of ether oxygens (including phenoxy) is 1. The van der Waals surface area contributed by atoms with Crippen LogP contribution in [0.2, 0.25) is 0 Å². The molecule has 0 atom stereocenters. The molecule has 0 bridgehead atoms. The Morgan fingerprint density at radius 1 is 1.19 bits per heavy atom. The van der Waals surface area contributed by atoms with Gasteiger partial charge in [0.25, 0.3) is 0 Å². The normalized spacial score (nSPS) is 16.6. The van der Waals surface area contributed by atoms with Gasteiger partial charge in [-0.1, -0.05) is 18.2 Å². The summed E-state index contributed by atoms with van der Waals surface area (Å²) in [4.78, 5) is 2.48. The highest BCUT2D eigenvalue weighted by Crippen LogP contribution is 2.21. The quantitative estimate of drug-likeness (QED) is 0.819. The smallest absolute Gasteiger partial charge is 0.123 e. The third-order valence-corrected chi connectivity index (χ3v) is 2.94. The van der Waals surface area contributed by atoms with Gasteiger partial charge in [0.2, 0.25) is 0 Å². The molecule has 3 heteroatoms. The third kappa shape index (κ3) is 2.97. The van der Waals surface area contributed by atoms with E-state index in [1.54, 1.807) is 0 Å². The maximum Gasteiger partial charge on any atom is 0.123 e. The number of nitrogens with zero attached hydrogens (tertiary/aromatic N) is 1. The Bertz CT molecular complexity index is 321. The highest BCUT2D eigenvalue weighted by Gasteiger charge is 2.13. The van der Waals surface area contributed by atoms with Gasteiger partial charge in [0.05, 0.1) is 0 Å². The predicted octanol–water partition coefficient (Wildman–Crippen LogP) is 1.62. The summed E-state index contributed by atoms with van der Waals surface area (Å²) in [6.45, 7) is 4.59. The van der Waals surface area contributed by atoms with E-state index in [0.29, 0.717) is 13.2 Å². The van der Waals surface area contributed by atoms with Gasteiger partial charge in [0.1, 0.15) is 12.4 Å². The summed E-state index contributed by atoms with van der Waals surface area (Å²) < 4.78 is 5.64. The van der Waals surface area contributed by atoms with Crippen molar-refractivity contribution in [1.82, 2.24) is 4.90 Å². The second-order valence-corrected chi connectivity index (χ2v) is 4.23. The van der Waals surface area contributed by atoms with Crippen molar-refractivity contribution in [2.24, 2.45) is 5.73 Å². The van der Waals surface area contributed by atoms with Crippen molar-refractivity contribution < 1.29 is 4.74 Å². The SMILES string of the molecule is NCCOc1ccccc1CN1CCCC1. The van der Waals surface area contributed by atoms with Crippen LogP contribution >= 0.6 is 0 Å². The maximum atomic E-state index is 5.64. The summed E-state index contributed by atoms with van der Waals surface area (Å²) in [6.07, 6.45) is 2.65. The van der Waals surface area contributed by atoms with Crippen molar-refractivity contribution >= 4 is 0 Å². The predicted molar refractivity (Wildman–Crippen MR) is 65.5 cm³/mol. The van der Waals surface area contributed by atoms with Crippen LogP contribution in [0.3, 0.4) is 0 Å². The average molecular weight is 220 g/mol. The maximum absolute atomic E-state index is 5.64. The van der Waals surface area contributed by atoms with Gasteiger partial charge in [-0.3, -0.25) is 4.90 Å². The molecule has 0 spiro atoms. The number of likely N-dealkylation sites (tertiary alicyclic amines) is 1. The highest BCUT2D eigenvalue weighted by atomic mass is 16.5. The molecule has 1 saturated heterocycles. The molecule has 0 radical (unpaired) electrons. The van der Waals surface area contributed by atoms with E-state index in [0.717, 1.165) is 12.3 Å². The van der Waals surface area contributed by atoms with Gasteiger partial charge in [-0.05, 0) is 32.0 Å². The number of benzene rings is 1. The lowest BCUT2D eigenvalue weighted by atomic mass is 10.2. The van der Waals surface area contributed by atoms with Gasteiger partial charge in [0.15, 0.2) is 0 Å². The standard InChI is InChI=1S/C13H20N2O/c14-7-10-16-13-6-2-1-5-12(13)11-15-8-3-4-9-15/h1-2,5-6H,3-4,7-11,14H2.